The highest BCUT2D eigenvalue weighted by atomic mass is 16.2. The molecule has 0 bridgehead atoms. The van der Waals surface area contributed by atoms with E-state index < -0.39 is 5.41 Å². The van der Waals surface area contributed by atoms with Gasteiger partial charge in [0.15, 0.2) is 0 Å². The molecule has 1 aromatic rings. The van der Waals surface area contributed by atoms with E-state index in [4.69, 9.17) is 0 Å². The van der Waals surface area contributed by atoms with Crippen LogP contribution in [0, 0.1) is 23.7 Å². The third kappa shape index (κ3) is 2.70. The van der Waals surface area contributed by atoms with E-state index in [2.05, 4.69) is 6.07 Å². The topological polar surface area (TPSA) is 44.1 Å². The molecule has 0 spiro atoms. The van der Waals surface area contributed by atoms with E-state index in [-0.39, 0.29) is 5.91 Å². The van der Waals surface area contributed by atoms with Gasteiger partial charge in [-0.1, -0.05) is 19.1 Å². The molecule has 18 heavy (non-hydrogen) atoms. The van der Waals surface area contributed by atoms with Crippen molar-refractivity contribution in [3.8, 4) is 6.07 Å². The maximum absolute atomic E-state index is 12.5. The maximum Gasteiger partial charge on any atom is 0.247 e. The summed E-state index contributed by atoms with van der Waals surface area (Å²) in [4.78, 5) is 14.2. The monoisotopic (exact) mass is 244 g/mol. The summed E-state index contributed by atoms with van der Waals surface area (Å²) in [6.07, 6.45) is 0.519. The lowest BCUT2D eigenvalue weighted by Gasteiger charge is -2.28. The fourth-order valence-electron chi connectivity index (χ4n) is 1.82. The van der Waals surface area contributed by atoms with E-state index in [1.165, 1.54) is 0 Å². The van der Waals surface area contributed by atoms with E-state index in [9.17, 15) is 10.1 Å². The lowest BCUT2D eigenvalue weighted by atomic mass is 9.87. The fraction of sp³-hybridized carbons (Fsp3) is 0.467. The van der Waals surface area contributed by atoms with Crippen molar-refractivity contribution in [3.63, 3.8) is 0 Å². The maximum atomic E-state index is 12.5. The molecule has 0 aliphatic carbocycles. The van der Waals surface area contributed by atoms with Gasteiger partial charge in [0.2, 0.25) is 5.91 Å². The Hall–Kier alpha value is -1.82. The summed E-state index contributed by atoms with van der Waals surface area (Å²) in [5.74, 6) is -0.124. The van der Waals surface area contributed by atoms with Gasteiger partial charge >= 0.3 is 0 Å². The minimum absolute atomic E-state index is 0.124. The minimum Gasteiger partial charge on any atom is -0.311 e. The zero-order chi connectivity index (χ0) is 13.8. The van der Waals surface area contributed by atoms with Gasteiger partial charge in [0.05, 0.1) is 6.07 Å². The SMILES string of the molecule is CCN(C(=O)C(C)(C#N)CC)c1cccc(C)c1. The summed E-state index contributed by atoms with van der Waals surface area (Å²) < 4.78 is 0. The Balaban J connectivity index is 3.12. The van der Waals surface area contributed by atoms with Crippen molar-refractivity contribution >= 4 is 11.6 Å². The first-order chi connectivity index (χ1) is 8.48. The predicted molar refractivity (Wildman–Crippen MR) is 73.2 cm³/mol. The molecule has 0 heterocycles. The van der Waals surface area contributed by atoms with Crippen molar-refractivity contribution in [1.29, 1.82) is 5.26 Å². The number of carbonyl (C=O) groups excluding carboxylic acids is 1. The minimum atomic E-state index is -0.945. The Morgan fingerprint density at radius 2 is 2.11 bits per heavy atom. The van der Waals surface area contributed by atoms with Crippen LogP contribution in [0.15, 0.2) is 24.3 Å². The van der Waals surface area contributed by atoms with Crippen LogP contribution in [0.4, 0.5) is 5.69 Å². The normalized spacial score (nSPS) is 13.5. The van der Waals surface area contributed by atoms with Crippen LogP contribution in [-0.2, 0) is 4.79 Å². The molecular formula is C15H20N2O. The molecule has 0 fully saturated rings. The van der Waals surface area contributed by atoms with E-state index in [0.29, 0.717) is 13.0 Å². The number of nitriles is 1. The van der Waals surface area contributed by atoms with E-state index in [0.717, 1.165) is 11.3 Å². The van der Waals surface area contributed by atoms with Gasteiger partial charge in [-0.15, -0.1) is 0 Å². The number of aryl methyl sites for hydroxylation is 1. The van der Waals surface area contributed by atoms with Crippen LogP contribution < -0.4 is 4.90 Å². The van der Waals surface area contributed by atoms with Crippen LogP contribution in [0.5, 0.6) is 0 Å². The second kappa shape index (κ2) is 5.68. The van der Waals surface area contributed by atoms with Gasteiger partial charge in [-0.2, -0.15) is 5.26 Å². The van der Waals surface area contributed by atoms with Crippen LogP contribution in [0.3, 0.4) is 0 Å². The first-order valence-electron chi connectivity index (χ1n) is 6.28. The average molecular weight is 244 g/mol. The standard InChI is InChI=1S/C15H20N2O/c1-5-15(4,11-16)14(18)17(6-2)13-9-7-8-12(3)10-13/h7-10H,5-6H2,1-4H3. The lowest BCUT2D eigenvalue weighted by Crippen LogP contribution is -2.41. The van der Waals surface area contributed by atoms with E-state index in [1.54, 1.807) is 11.8 Å². The molecule has 0 saturated carbocycles. The average Bonchev–Trinajstić information content (AvgIpc) is 2.38. The molecular weight excluding hydrogens is 224 g/mol. The zero-order valence-electron chi connectivity index (χ0n) is 11.5. The van der Waals surface area contributed by atoms with Crippen LogP contribution in [-0.4, -0.2) is 12.5 Å². The first-order valence-corrected chi connectivity index (χ1v) is 6.28. The first kappa shape index (κ1) is 14.2. The molecule has 0 aromatic heterocycles. The van der Waals surface area contributed by atoms with Crippen molar-refractivity contribution in [2.75, 3.05) is 11.4 Å². The van der Waals surface area contributed by atoms with Crippen molar-refractivity contribution in [2.45, 2.75) is 34.1 Å². The third-order valence-electron chi connectivity index (χ3n) is 3.30. The van der Waals surface area contributed by atoms with E-state index >= 15 is 0 Å². The molecule has 0 radical (unpaired) electrons. The zero-order valence-corrected chi connectivity index (χ0v) is 11.5. The number of anilines is 1. The van der Waals surface area contributed by atoms with Crippen LogP contribution in [0.1, 0.15) is 32.8 Å². The molecule has 1 aromatic carbocycles. The Morgan fingerprint density at radius 3 is 2.56 bits per heavy atom. The third-order valence-corrected chi connectivity index (χ3v) is 3.30. The Labute approximate surface area is 109 Å². The van der Waals surface area contributed by atoms with Crippen molar-refractivity contribution in [2.24, 2.45) is 5.41 Å². The van der Waals surface area contributed by atoms with Crippen LogP contribution in [0.25, 0.3) is 0 Å². The number of benzene rings is 1. The summed E-state index contributed by atoms with van der Waals surface area (Å²) in [6.45, 7) is 8.05. The summed E-state index contributed by atoms with van der Waals surface area (Å²) in [6, 6.07) is 9.93. The van der Waals surface area contributed by atoms with Crippen LogP contribution in [0.2, 0.25) is 0 Å². The smallest absolute Gasteiger partial charge is 0.247 e. The summed E-state index contributed by atoms with van der Waals surface area (Å²) >= 11 is 0. The van der Waals surface area contributed by atoms with Gasteiger partial charge in [-0.05, 0) is 44.9 Å². The second-order valence-electron chi connectivity index (χ2n) is 4.69. The molecule has 1 unspecified atom stereocenters. The molecule has 0 saturated heterocycles. The number of hydrogen-bond acceptors (Lipinski definition) is 2. The Morgan fingerprint density at radius 1 is 1.44 bits per heavy atom. The molecule has 3 heteroatoms. The largest absolute Gasteiger partial charge is 0.311 e. The number of carbonyl (C=O) groups is 1. The molecule has 1 rings (SSSR count). The summed E-state index contributed by atoms with van der Waals surface area (Å²) in [5.41, 5.74) is 1.02. The number of hydrogen-bond donors (Lipinski definition) is 0. The number of nitrogens with zero attached hydrogens (tertiary/aromatic N) is 2. The van der Waals surface area contributed by atoms with Gasteiger partial charge in [-0.25, -0.2) is 0 Å². The van der Waals surface area contributed by atoms with Crippen molar-refractivity contribution < 1.29 is 4.79 Å². The highest BCUT2D eigenvalue weighted by Gasteiger charge is 2.35. The lowest BCUT2D eigenvalue weighted by molar-refractivity contribution is -0.124. The fourth-order valence-corrected chi connectivity index (χ4v) is 1.82. The molecule has 0 aliphatic heterocycles. The van der Waals surface area contributed by atoms with Gasteiger partial charge in [-0.3, -0.25) is 4.79 Å². The highest BCUT2D eigenvalue weighted by molar-refractivity contribution is 5.99. The van der Waals surface area contributed by atoms with Crippen molar-refractivity contribution in [3.05, 3.63) is 29.8 Å². The number of amides is 1. The molecule has 96 valence electrons. The quantitative estimate of drug-likeness (QED) is 0.815. The van der Waals surface area contributed by atoms with Gasteiger partial charge in [0.1, 0.15) is 5.41 Å². The summed E-state index contributed by atoms with van der Waals surface area (Å²) in [7, 11) is 0. The van der Waals surface area contributed by atoms with Gasteiger partial charge in [0.25, 0.3) is 0 Å². The van der Waals surface area contributed by atoms with E-state index in [1.807, 2.05) is 45.0 Å². The molecule has 0 N–H and O–H groups in total. The Kier molecular flexibility index (Phi) is 4.49. The van der Waals surface area contributed by atoms with Crippen molar-refractivity contribution in [1.82, 2.24) is 0 Å². The molecule has 0 aliphatic rings. The molecule has 1 amide bonds. The van der Waals surface area contributed by atoms with Crippen LogP contribution >= 0.6 is 0 Å². The second-order valence-corrected chi connectivity index (χ2v) is 4.69. The van der Waals surface area contributed by atoms with Gasteiger partial charge < -0.3 is 4.90 Å². The predicted octanol–water partition coefficient (Wildman–Crippen LogP) is 3.29. The molecule has 1 atom stereocenters. The van der Waals surface area contributed by atoms with Gasteiger partial charge in [0, 0.05) is 12.2 Å². The Bertz CT molecular complexity index is 476. The highest BCUT2D eigenvalue weighted by Crippen LogP contribution is 2.27. The summed E-state index contributed by atoms with van der Waals surface area (Å²) in [5, 5.41) is 9.20. The molecule has 3 nitrogen and oxygen atoms in total. The number of rotatable bonds is 4.